The standard InChI is InChI=1S/C22H27N7.C6H6/c1-16(25-10-8-17-3-5-18(12-23)6-4-17)7-9-26-21-11-19(13-27-22(21)24)20-14-28-29(2)15-20;1-2-4-6-5-3-1/h3-6,11,13-16,25-26H,7-10H2,1-2H3,(H2,24,27);1-6H. The van der Waals surface area contributed by atoms with Gasteiger partial charge in [-0.05, 0) is 50.1 Å². The van der Waals surface area contributed by atoms with Crippen LogP contribution in [0, 0.1) is 11.3 Å². The Balaban J connectivity index is 0.000000497. The van der Waals surface area contributed by atoms with E-state index in [1.165, 1.54) is 5.56 Å². The predicted octanol–water partition coefficient (Wildman–Crippen LogP) is 4.65. The molecular weight excluding hydrogens is 434 g/mol. The van der Waals surface area contributed by atoms with Gasteiger partial charge in [-0.25, -0.2) is 4.98 Å². The predicted molar refractivity (Wildman–Crippen MR) is 143 cm³/mol. The van der Waals surface area contributed by atoms with Crippen LogP contribution in [0.5, 0.6) is 0 Å². The summed E-state index contributed by atoms with van der Waals surface area (Å²) < 4.78 is 1.77. The number of benzene rings is 2. The van der Waals surface area contributed by atoms with Crippen molar-refractivity contribution in [3.63, 3.8) is 0 Å². The zero-order chi connectivity index (χ0) is 24.9. The van der Waals surface area contributed by atoms with Gasteiger partial charge in [0, 0.05) is 43.2 Å². The fourth-order valence-corrected chi connectivity index (χ4v) is 3.46. The van der Waals surface area contributed by atoms with E-state index in [4.69, 9.17) is 11.0 Å². The van der Waals surface area contributed by atoms with Crippen LogP contribution in [0.4, 0.5) is 11.5 Å². The van der Waals surface area contributed by atoms with E-state index in [-0.39, 0.29) is 0 Å². The van der Waals surface area contributed by atoms with Crippen LogP contribution in [0.3, 0.4) is 0 Å². The lowest BCUT2D eigenvalue weighted by molar-refractivity contribution is 0.529. The summed E-state index contributed by atoms with van der Waals surface area (Å²) in [7, 11) is 1.89. The third-order valence-corrected chi connectivity index (χ3v) is 5.51. The lowest BCUT2D eigenvalue weighted by atomic mass is 10.1. The van der Waals surface area contributed by atoms with Crippen molar-refractivity contribution in [2.75, 3.05) is 24.1 Å². The number of anilines is 2. The molecule has 0 aliphatic heterocycles. The third kappa shape index (κ3) is 8.61. The van der Waals surface area contributed by atoms with E-state index >= 15 is 0 Å². The summed E-state index contributed by atoms with van der Waals surface area (Å²) in [5.74, 6) is 0.499. The Hall–Kier alpha value is -4.15. The molecule has 4 rings (SSSR count). The van der Waals surface area contributed by atoms with Gasteiger partial charge in [0.2, 0.25) is 0 Å². The molecule has 2 heterocycles. The van der Waals surface area contributed by atoms with Crippen molar-refractivity contribution in [1.82, 2.24) is 20.1 Å². The SMILES string of the molecule is CC(CCNc1cc(-c2cnn(C)c2)cnc1N)NCCc1ccc(C#N)cc1.c1ccccc1. The van der Waals surface area contributed by atoms with Crippen molar-refractivity contribution in [1.29, 1.82) is 5.26 Å². The Morgan fingerprint density at radius 2 is 1.69 bits per heavy atom. The maximum Gasteiger partial charge on any atom is 0.146 e. The molecule has 2 aromatic carbocycles. The molecule has 7 nitrogen and oxygen atoms in total. The number of aromatic nitrogens is 3. The molecular formula is C28H33N7. The smallest absolute Gasteiger partial charge is 0.146 e. The van der Waals surface area contributed by atoms with Gasteiger partial charge in [-0.3, -0.25) is 4.68 Å². The number of rotatable bonds is 9. The number of hydrogen-bond donors (Lipinski definition) is 3. The van der Waals surface area contributed by atoms with E-state index in [1.54, 1.807) is 10.9 Å². The van der Waals surface area contributed by atoms with Crippen molar-refractivity contribution >= 4 is 11.5 Å². The van der Waals surface area contributed by atoms with Crippen molar-refractivity contribution in [3.8, 4) is 17.2 Å². The molecule has 0 amide bonds. The number of pyridine rings is 1. The molecule has 0 radical (unpaired) electrons. The highest BCUT2D eigenvalue weighted by atomic mass is 15.2. The van der Waals surface area contributed by atoms with Crippen LogP contribution in [0.25, 0.3) is 11.1 Å². The number of nitrogen functional groups attached to an aromatic ring is 1. The van der Waals surface area contributed by atoms with Gasteiger partial charge in [0.05, 0.1) is 23.5 Å². The number of aryl methyl sites for hydroxylation is 1. The Labute approximate surface area is 207 Å². The molecule has 7 heteroatoms. The fourth-order valence-electron chi connectivity index (χ4n) is 3.46. The van der Waals surface area contributed by atoms with Gasteiger partial charge in [0.15, 0.2) is 0 Å². The molecule has 35 heavy (non-hydrogen) atoms. The summed E-state index contributed by atoms with van der Waals surface area (Å²) in [6.45, 7) is 3.87. The molecule has 180 valence electrons. The molecule has 4 N–H and O–H groups in total. The molecule has 0 aliphatic carbocycles. The van der Waals surface area contributed by atoms with E-state index in [9.17, 15) is 0 Å². The molecule has 0 spiro atoms. The monoisotopic (exact) mass is 467 g/mol. The number of nitrogens with two attached hydrogens (primary N) is 1. The molecule has 1 atom stereocenters. The minimum absolute atomic E-state index is 0.372. The van der Waals surface area contributed by atoms with Crippen molar-refractivity contribution in [2.24, 2.45) is 7.05 Å². The van der Waals surface area contributed by atoms with Gasteiger partial charge in [0.1, 0.15) is 5.82 Å². The first-order valence-corrected chi connectivity index (χ1v) is 11.8. The van der Waals surface area contributed by atoms with Crippen LogP contribution < -0.4 is 16.4 Å². The average Bonchev–Trinajstić information content (AvgIpc) is 3.33. The van der Waals surface area contributed by atoms with Crippen molar-refractivity contribution in [3.05, 3.63) is 96.4 Å². The molecule has 1 unspecified atom stereocenters. The molecule has 0 aliphatic rings. The second-order valence-electron chi connectivity index (χ2n) is 8.34. The first-order valence-electron chi connectivity index (χ1n) is 11.8. The highest BCUT2D eigenvalue weighted by Crippen LogP contribution is 2.24. The molecule has 0 saturated carbocycles. The molecule has 0 bridgehead atoms. The van der Waals surface area contributed by atoms with E-state index < -0.39 is 0 Å². The summed E-state index contributed by atoms with van der Waals surface area (Å²) >= 11 is 0. The quantitative estimate of drug-likeness (QED) is 0.331. The molecule has 2 aromatic heterocycles. The first kappa shape index (κ1) is 25.5. The van der Waals surface area contributed by atoms with E-state index in [2.05, 4.69) is 33.7 Å². The average molecular weight is 468 g/mol. The second-order valence-corrected chi connectivity index (χ2v) is 8.34. The Bertz CT molecular complexity index is 1170. The van der Waals surface area contributed by atoms with Crippen molar-refractivity contribution in [2.45, 2.75) is 25.8 Å². The summed E-state index contributed by atoms with van der Waals surface area (Å²) in [5.41, 5.74) is 10.8. The summed E-state index contributed by atoms with van der Waals surface area (Å²) in [5, 5.41) is 20.0. The van der Waals surface area contributed by atoms with Crippen LogP contribution in [0.15, 0.2) is 85.3 Å². The summed E-state index contributed by atoms with van der Waals surface area (Å²) in [4.78, 5) is 4.30. The molecule has 0 fully saturated rings. The lowest BCUT2D eigenvalue weighted by Crippen LogP contribution is -2.30. The zero-order valence-electron chi connectivity index (χ0n) is 20.4. The molecule has 0 saturated heterocycles. The second kappa shape index (κ2) is 13.5. The minimum Gasteiger partial charge on any atom is -0.382 e. The van der Waals surface area contributed by atoms with Crippen LogP contribution in [0.1, 0.15) is 24.5 Å². The van der Waals surface area contributed by atoms with Gasteiger partial charge in [-0.15, -0.1) is 0 Å². The Morgan fingerprint density at radius 3 is 2.29 bits per heavy atom. The maximum absolute atomic E-state index is 8.85. The van der Waals surface area contributed by atoms with Gasteiger partial charge >= 0.3 is 0 Å². The Morgan fingerprint density at radius 1 is 1.00 bits per heavy atom. The van der Waals surface area contributed by atoms with Crippen molar-refractivity contribution < 1.29 is 0 Å². The van der Waals surface area contributed by atoms with Crippen LogP contribution in [0.2, 0.25) is 0 Å². The topological polar surface area (TPSA) is 105 Å². The third-order valence-electron chi connectivity index (χ3n) is 5.51. The highest BCUT2D eigenvalue weighted by molar-refractivity contribution is 5.72. The largest absolute Gasteiger partial charge is 0.382 e. The van der Waals surface area contributed by atoms with E-state index in [0.29, 0.717) is 17.4 Å². The highest BCUT2D eigenvalue weighted by Gasteiger charge is 2.07. The number of nitriles is 1. The maximum atomic E-state index is 8.85. The minimum atomic E-state index is 0.372. The number of hydrogen-bond acceptors (Lipinski definition) is 6. The van der Waals surface area contributed by atoms with Gasteiger partial charge in [0.25, 0.3) is 0 Å². The fraction of sp³-hybridized carbons (Fsp3) is 0.250. The number of nitrogens with one attached hydrogen (secondary N) is 2. The number of nitrogens with zero attached hydrogens (tertiary/aromatic N) is 4. The summed E-state index contributed by atoms with van der Waals surface area (Å²) in [6.07, 6.45) is 7.44. The van der Waals surface area contributed by atoms with Crippen LogP contribution in [-0.4, -0.2) is 33.9 Å². The van der Waals surface area contributed by atoms with Crippen LogP contribution >= 0.6 is 0 Å². The van der Waals surface area contributed by atoms with E-state index in [0.717, 1.165) is 42.7 Å². The zero-order valence-corrected chi connectivity index (χ0v) is 20.4. The van der Waals surface area contributed by atoms with Gasteiger partial charge in [-0.2, -0.15) is 10.4 Å². The summed E-state index contributed by atoms with van der Waals surface area (Å²) in [6, 6.07) is 24.3. The lowest BCUT2D eigenvalue weighted by Gasteiger charge is -2.15. The van der Waals surface area contributed by atoms with Gasteiger partial charge < -0.3 is 16.4 Å². The first-order chi connectivity index (χ1) is 17.0. The molecule has 4 aromatic rings. The van der Waals surface area contributed by atoms with Gasteiger partial charge in [-0.1, -0.05) is 48.5 Å². The Kier molecular flexibility index (Phi) is 9.85. The normalized spacial score (nSPS) is 11.1. The van der Waals surface area contributed by atoms with E-state index in [1.807, 2.05) is 86.2 Å². The van der Waals surface area contributed by atoms with Crippen LogP contribution in [-0.2, 0) is 13.5 Å².